The molecule has 41 heavy (non-hydrogen) atoms. The lowest BCUT2D eigenvalue weighted by Gasteiger charge is -2.32. The monoisotopic (exact) mass is 574 g/mol. The second-order valence-electron chi connectivity index (χ2n) is 9.82. The molecular formula is C29H37F3N6O3. The fourth-order valence-electron chi connectivity index (χ4n) is 4.63. The summed E-state index contributed by atoms with van der Waals surface area (Å²) in [6, 6.07) is 9.63. The topological polar surface area (TPSA) is 94.8 Å². The summed E-state index contributed by atoms with van der Waals surface area (Å²) in [4.78, 5) is 31.6. The van der Waals surface area contributed by atoms with E-state index in [1.807, 2.05) is 5.01 Å². The van der Waals surface area contributed by atoms with Crippen LogP contribution in [0.1, 0.15) is 62.6 Å². The summed E-state index contributed by atoms with van der Waals surface area (Å²) in [6.45, 7) is 5.11. The largest absolute Gasteiger partial charge is 0.355 e. The minimum atomic E-state index is -2.88. The Balaban J connectivity index is 0.00000462. The van der Waals surface area contributed by atoms with E-state index in [-0.39, 0.29) is 44.0 Å². The summed E-state index contributed by atoms with van der Waals surface area (Å²) in [6.07, 6.45) is 0.0113. The quantitative estimate of drug-likeness (QED) is 0.295. The third-order valence-corrected chi connectivity index (χ3v) is 6.85. The van der Waals surface area contributed by atoms with Gasteiger partial charge in [-0.25, -0.2) is 9.40 Å². The van der Waals surface area contributed by atoms with Crippen LogP contribution in [0.4, 0.5) is 18.9 Å². The fourth-order valence-corrected chi connectivity index (χ4v) is 4.63. The van der Waals surface area contributed by atoms with E-state index >= 15 is 0 Å². The van der Waals surface area contributed by atoms with Gasteiger partial charge in [-0.05, 0) is 60.4 Å². The highest BCUT2D eigenvalue weighted by molar-refractivity contribution is 5.87. The highest BCUT2D eigenvalue weighted by Crippen LogP contribution is 2.28. The molecule has 0 atom stereocenters. The lowest BCUT2D eigenvalue weighted by atomic mass is 10.1. The summed E-state index contributed by atoms with van der Waals surface area (Å²) in [5, 5.41) is 9.85. The van der Waals surface area contributed by atoms with Gasteiger partial charge in [-0.3, -0.25) is 14.6 Å². The van der Waals surface area contributed by atoms with Gasteiger partial charge < -0.3 is 14.7 Å². The predicted molar refractivity (Wildman–Crippen MR) is 149 cm³/mol. The maximum absolute atomic E-state index is 13.7. The Morgan fingerprint density at radius 1 is 1.10 bits per heavy atom. The van der Waals surface area contributed by atoms with Crippen LogP contribution in [0.2, 0.25) is 0 Å². The highest BCUT2D eigenvalue weighted by atomic mass is 19.3. The van der Waals surface area contributed by atoms with Gasteiger partial charge in [0.15, 0.2) is 0 Å². The molecule has 3 aromatic rings. The first kappa shape index (κ1) is 31.6. The van der Waals surface area contributed by atoms with E-state index in [9.17, 15) is 22.8 Å². The molecule has 0 saturated heterocycles. The Kier molecular flexibility index (Phi) is 10.9. The number of carbonyl (C=O) groups is 2. The number of nitrogens with zero attached hydrogens (tertiary/aromatic N) is 5. The number of halogens is 3. The molecular weight excluding hydrogens is 537 g/mol. The first-order valence-electron chi connectivity index (χ1n) is 13.2. The third-order valence-electron chi connectivity index (χ3n) is 6.85. The van der Waals surface area contributed by atoms with Crippen LogP contribution in [0.15, 0.2) is 40.9 Å². The summed E-state index contributed by atoms with van der Waals surface area (Å²) >= 11 is 0. The van der Waals surface area contributed by atoms with Crippen molar-refractivity contribution >= 4 is 17.5 Å². The minimum Gasteiger partial charge on any atom is -0.355 e. The van der Waals surface area contributed by atoms with E-state index in [4.69, 9.17) is 0 Å². The summed E-state index contributed by atoms with van der Waals surface area (Å²) in [7, 11) is 1.65. The van der Waals surface area contributed by atoms with Gasteiger partial charge in [-0.1, -0.05) is 38.4 Å². The number of nitrogens with one attached hydrogen (secondary N) is 1. The third kappa shape index (κ3) is 7.84. The van der Waals surface area contributed by atoms with Crippen LogP contribution in [-0.4, -0.2) is 58.7 Å². The standard InChI is InChI=1S/C28H33F3N6O3.CH4/c1-4-5-6-11-32-24(38)16-36(17-25(39)35(3)37-14-20-7-9-22(29)13-21(20)15-37)23-10-8-19(12-18(23)2)27-33-28(26(30)31)40-34-27;/h7-10,12-13,26H,4-6,11,14-17H2,1-3H3,(H,32,38);1H4. The van der Waals surface area contributed by atoms with Crippen molar-refractivity contribution in [2.75, 3.05) is 31.6 Å². The van der Waals surface area contributed by atoms with Gasteiger partial charge in [0, 0.05) is 37.9 Å². The van der Waals surface area contributed by atoms with E-state index in [0.717, 1.165) is 30.4 Å². The number of benzene rings is 2. The van der Waals surface area contributed by atoms with Crippen LogP contribution in [0, 0.1) is 12.7 Å². The molecule has 222 valence electrons. The van der Waals surface area contributed by atoms with Gasteiger partial charge in [-0.2, -0.15) is 13.8 Å². The average molecular weight is 575 g/mol. The van der Waals surface area contributed by atoms with Gasteiger partial charge in [0.1, 0.15) is 5.82 Å². The molecule has 0 radical (unpaired) electrons. The Morgan fingerprint density at radius 3 is 2.54 bits per heavy atom. The van der Waals surface area contributed by atoms with Crippen molar-refractivity contribution in [2.45, 2.75) is 60.1 Å². The number of hydrazine groups is 1. The molecule has 4 rings (SSSR count). The molecule has 1 N–H and O–H groups in total. The van der Waals surface area contributed by atoms with Crippen LogP contribution in [-0.2, 0) is 22.7 Å². The number of alkyl halides is 2. The maximum atomic E-state index is 13.7. The summed E-state index contributed by atoms with van der Waals surface area (Å²) in [5.74, 6) is -1.55. The van der Waals surface area contributed by atoms with E-state index in [0.29, 0.717) is 36.4 Å². The van der Waals surface area contributed by atoms with E-state index < -0.39 is 12.3 Å². The number of hydrogen-bond donors (Lipinski definition) is 1. The fraction of sp³-hybridized carbons (Fsp3) is 0.448. The normalized spacial score (nSPS) is 12.7. The molecule has 1 aromatic heterocycles. The summed E-state index contributed by atoms with van der Waals surface area (Å²) < 4.78 is 44.1. The molecule has 0 unspecified atom stereocenters. The van der Waals surface area contributed by atoms with Crippen molar-refractivity contribution in [3.8, 4) is 11.4 Å². The van der Waals surface area contributed by atoms with Crippen LogP contribution in [0.3, 0.4) is 0 Å². The van der Waals surface area contributed by atoms with Crippen molar-refractivity contribution in [1.82, 2.24) is 25.5 Å². The SMILES string of the molecule is C.CCCCCNC(=O)CN(CC(=O)N(C)N1Cc2ccc(F)cc2C1)c1ccc(-c2noc(C(F)F)n2)cc1C. The molecule has 2 amide bonds. The predicted octanol–water partition coefficient (Wildman–Crippen LogP) is 5.26. The van der Waals surface area contributed by atoms with Gasteiger partial charge in [-0.15, -0.1) is 0 Å². The Morgan fingerprint density at radius 2 is 1.85 bits per heavy atom. The number of aromatic nitrogens is 2. The Bertz CT molecular complexity index is 1350. The van der Waals surface area contributed by atoms with Crippen molar-refractivity contribution in [3.63, 3.8) is 0 Å². The Hall–Kier alpha value is -3.93. The molecule has 0 spiro atoms. The minimum absolute atomic E-state index is 0. The summed E-state index contributed by atoms with van der Waals surface area (Å²) in [5.41, 5.74) is 3.56. The lowest BCUT2D eigenvalue weighted by molar-refractivity contribution is -0.145. The van der Waals surface area contributed by atoms with Gasteiger partial charge >= 0.3 is 6.43 Å². The number of fused-ring (bicyclic) bond motifs is 1. The number of unbranched alkanes of at least 4 members (excludes halogenated alkanes) is 2. The molecule has 1 aliphatic rings. The molecule has 0 aliphatic carbocycles. The van der Waals surface area contributed by atoms with Gasteiger partial charge in [0.2, 0.25) is 11.7 Å². The van der Waals surface area contributed by atoms with Crippen LogP contribution < -0.4 is 10.2 Å². The Labute approximate surface area is 238 Å². The molecule has 0 fully saturated rings. The van der Waals surface area contributed by atoms with Crippen LogP contribution >= 0.6 is 0 Å². The van der Waals surface area contributed by atoms with Crippen molar-refractivity contribution in [1.29, 1.82) is 0 Å². The first-order valence-corrected chi connectivity index (χ1v) is 13.2. The number of likely N-dealkylation sites (N-methyl/N-ethyl adjacent to an activating group) is 1. The van der Waals surface area contributed by atoms with Crippen molar-refractivity contribution in [3.05, 3.63) is 64.8 Å². The molecule has 2 heterocycles. The number of rotatable bonds is 12. The maximum Gasteiger partial charge on any atom is 0.315 e. The average Bonchev–Trinajstić information content (AvgIpc) is 3.58. The molecule has 9 nitrogen and oxygen atoms in total. The molecule has 12 heteroatoms. The number of anilines is 1. The highest BCUT2D eigenvalue weighted by Gasteiger charge is 2.27. The van der Waals surface area contributed by atoms with Crippen LogP contribution in [0.5, 0.6) is 0 Å². The van der Waals surface area contributed by atoms with Gasteiger partial charge in [0.25, 0.3) is 11.8 Å². The lowest BCUT2D eigenvalue weighted by Crippen LogP contribution is -2.48. The first-order chi connectivity index (χ1) is 19.2. The second-order valence-corrected chi connectivity index (χ2v) is 9.82. The van der Waals surface area contributed by atoms with E-state index in [1.54, 1.807) is 43.1 Å². The number of aryl methyl sites for hydroxylation is 1. The number of amides is 2. The van der Waals surface area contributed by atoms with Crippen LogP contribution in [0.25, 0.3) is 11.4 Å². The molecule has 1 aliphatic heterocycles. The van der Waals surface area contributed by atoms with Crippen molar-refractivity contribution in [2.24, 2.45) is 0 Å². The van der Waals surface area contributed by atoms with Gasteiger partial charge in [0.05, 0.1) is 13.1 Å². The zero-order valence-electron chi connectivity index (χ0n) is 22.8. The van der Waals surface area contributed by atoms with Crippen molar-refractivity contribution < 1.29 is 27.3 Å². The van der Waals surface area contributed by atoms with E-state index in [2.05, 4.69) is 26.9 Å². The zero-order chi connectivity index (χ0) is 28.8. The van der Waals surface area contributed by atoms with E-state index in [1.165, 1.54) is 17.1 Å². The molecule has 0 saturated carbocycles. The number of hydrogen-bond acceptors (Lipinski definition) is 7. The molecule has 2 aromatic carbocycles. The second kappa shape index (κ2) is 14.1. The number of carbonyl (C=O) groups excluding carboxylic acids is 2. The zero-order valence-corrected chi connectivity index (χ0v) is 22.8. The smallest absolute Gasteiger partial charge is 0.315 e. The molecule has 0 bridgehead atoms.